The largest absolute Gasteiger partial charge is 0.497 e. The van der Waals surface area contributed by atoms with E-state index in [1.54, 1.807) is 36.3 Å². The van der Waals surface area contributed by atoms with E-state index in [0.717, 1.165) is 16.7 Å². The van der Waals surface area contributed by atoms with Crippen LogP contribution in [-0.4, -0.2) is 64.7 Å². The number of fused-ring (bicyclic) bond motifs is 1. The second-order valence-electron chi connectivity index (χ2n) is 7.53. The van der Waals surface area contributed by atoms with E-state index in [-0.39, 0.29) is 11.9 Å². The molecule has 0 radical (unpaired) electrons. The van der Waals surface area contributed by atoms with Crippen molar-refractivity contribution in [2.45, 2.75) is 13.0 Å². The van der Waals surface area contributed by atoms with Gasteiger partial charge in [-0.25, -0.2) is 9.78 Å². The summed E-state index contributed by atoms with van der Waals surface area (Å²) in [4.78, 5) is 32.1. The highest BCUT2D eigenvalue weighted by Crippen LogP contribution is 2.30. The summed E-state index contributed by atoms with van der Waals surface area (Å²) in [5.74, 6) is 0.604. The normalized spacial score (nSPS) is 16.4. The lowest BCUT2D eigenvalue weighted by Crippen LogP contribution is -2.55. The van der Waals surface area contributed by atoms with E-state index in [2.05, 4.69) is 0 Å². The lowest BCUT2D eigenvalue weighted by atomic mass is 10.1. The molecule has 31 heavy (non-hydrogen) atoms. The van der Waals surface area contributed by atoms with Gasteiger partial charge in [0.1, 0.15) is 5.75 Å². The number of aromatic nitrogens is 1. The predicted octanol–water partition coefficient (Wildman–Crippen LogP) is 4.39. The maximum absolute atomic E-state index is 13.1. The quantitative estimate of drug-likeness (QED) is 0.654. The van der Waals surface area contributed by atoms with Crippen molar-refractivity contribution < 1.29 is 19.4 Å². The molecule has 4 rings (SSSR count). The molecule has 7 nitrogen and oxygen atoms in total. The molecular weight excluding hydrogens is 418 g/mol. The third-order valence-electron chi connectivity index (χ3n) is 5.55. The van der Waals surface area contributed by atoms with Crippen LogP contribution >= 0.6 is 11.6 Å². The molecule has 1 saturated heterocycles. The molecule has 3 aromatic rings. The van der Waals surface area contributed by atoms with E-state index in [0.29, 0.717) is 41.4 Å². The number of hydrogen-bond acceptors (Lipinski definition) is 4. The number of carbonyl (C=O) groups excluding carboxylic acids is 1. The Balaban J connectivity index is 1.65. The third-order valence-corrected chi connectivity index (χ3v) is 5.86. The van der Waals surface area contributed by atoms with E-state index in [9.17, 15) is 14.7 Å². The Labute approximate surface area is 184 Å². The predicted molar refractivity (Wildman–Crippen MR) is 119 cm³/mol. The number of methoxy groups -OCH3 is 1. The SMILES string of the molecule is COc1ccc(-c2cc(Cl)c3ccc(C(=O)N4CCN(C(=O)O)C[C@@H]4C)cc3n2)cc1. The van der Waals surface area contributed by atoms with Crippen LogP contribution in [0.15, 0.2) is 48.5 Å². The van der Waals surface area contributed by atoms with Gasteiger partial charge in [0.25, 0.3) is 5.91 Å². The van der Waals surface area contributed by atoms with Crippen LogP contribution in [0.5, 0.6) is 5.75 Å². The highest BCUT2D eigenvalue weighted by Gasteiger charge is 2.30. The standard InChI is InChI=1S/C23H22ClN3O4/c1-14-13-26(23(29)30)9-10-27(14)22(28)16-5-8-18-19(24)12-20(25-21(18)11-16)15-3-6-17(31-2)7-4-15/h3-8,11-12,14H,9-10,13H2,1-2H3,(H,29,30)/t14-/m0/s1. The summed E-state index contributed by atoms with van der Waals surface area (Å²) in [5.41, 5.74) is 2.72. The first-order valence-electron chi connectivity index (χ1n) is 9.91. The average Bonchev–Trinajstić information content (AvgIpc) is 2.78. The molecule has 1 N–H and O–H groups in total. The highest BCUT2D eigenvalue weighted by molar-refractivity contribution is 6.35. The summed E-state index contributed by atoms with van der Waals surface area (Å²) in [6, 6.07) is 14.4. The number of carboxylic acid groups (broad SMARTS) is 1. The van der Waals surface area contributed by atoms with Crippen molar-refractivity contribution in [1.29, 1.82) is 0 Å². The van der Waals surface area contributed by atoms with Gasteiger partial charge in [0.05, 0.1) is 23.3 Å². The van der Waals surface area contributed by atoms with Gasteiger partial charge in [-0.3, -0.25) is 4.79 Å². The van der Waals surface area contributed by atoms with Crippen molar-refractivity contribution in [3.63, 3.8) is 0 Å². The summed E-state index contributed by atoms with van der Waals surface area (Å²) in [6.07, 6.45) is -0.963. The number of benzene rings is 2. The zero-order valence-corrected chi connectivity index (χ0v) is 18.0. The number of hydrogen-bond donors (Lipinski definition) is 1. The summed E-state index contributed by atoms with van der Waals surface area (Å²) in [7, 11) is 1.61. The van der Waals surface area contributed by atoms with Crippen molar-refractivity contribution in [3.8, 4) is 17.0 Å². The topological polar surface area (TPSA) is 83.0 Å². The van der Waals surface area contributed by atoms with E-state index in [1.807, 2.05) is 31.2 Å². The number of amides is 2. The van der Waals surface area contributed by atoms with Crippen LogP contribution in [-0.2, 0) is 0 Å². The van der Waals surface area contributed by atoms with Gasteiger partial charge in [-0.2, -0.15) is 0 Å². The maximum atomic E-state index is 13.1. The number of nitrogens with zero attached hydrogens (tertiary/aromatic N) is 3. The lowest BCUT2D eigenvalue weighted by molar-refractivity contribution is 0.0484. The van der Waals surface area contributed by atoms with Gasteiger partial charge in [-0.15, -0.1) is 0 Å². The van der Waals surface area contributed by atoms with Crippen LogP contribution in [0, 0.1) is 0 Å². The molecule has 2 amide bonds. The van der Waals surface area contributed by atoms with Crippen LogP contribution in [0.25, 0.3) is 22.2 Å². The molecule has 1 aliphatic rings. The van der Waals surface area contributed by atoms with Crippen molar-refractivity contribution >= 4 is 34.5 Å². The van der Waals surface area contributed by atoms with Gasteiger partial charge in [-0.1, -0.05) is 17.7 Å². The fourth-order valence-corrected chi connectivity index (χ4v) is 4.09. The number of carbonyl (C=O) groups is 2. The molecule has 2 aromatic carbocycles. The van der Waals surface area contributed by atoms with Crippen LogP contribution in [0.1, 0.15) is 17.3 Å². The van der Waals surface area contributed by atoms with Gasteiger partial charge in [-0.05, 0) is 49.4 Å². The summed E-state index contributed by atoms with van der Waals surface area (Å²) < 4.78 is 5.20. The van der Waals surface area contributed by atoms with E-state index < -0.39 is 6.09 Å². The van der Waals surface area contributed by atoms with E-state index in [1.165, 1.54) is 4.90 Å². The third kappa shape index (κ3) is 4.14. The molecule has 0 unspecified atom stereocenters. The van der Waals surface area contributed by atoms with Crippen LogP contribution in [0.4, 0.5) is 4.79 Å². The zero-order chi connectivity index (χ0) is 22.1. The monoisotopic (exact) mass is 439 g/mol. The van der Waals surface area contributed by atoms with Crippen molar-refractivity contribution in [1.82, 2.24) is 14.8 Å². The Morgan fingerprint density at radius 2 is 1.87 bits per heavy atom. The molecule has 1 aromatic heterocycles. The molecule has 0 bridgehead atoms. The molecular formula is C23H22ClN3O4. The average molecular weight is 440 g/mol. The number of pyridine rings is 1. The van der Waals surface area contributed by atoms with Gasteiger partial charge in [0.2, 0.25) is 0 Å². The van der Waals surface area contributed by atoms with Crippen molar-refractivity contribution in [2.24, 2.45) is 0 Å². The molecule has 0 aliphatic carbocycles. The van der Waals surface area contributed by atoms with Gasteiger partial charge >= 0.3 is 6.09 Å². The smallest absolute Gasteiger partial charge is 0.407 e. The first-order valence-corrected chi connectivity index (χ1v) is 10.3. The van der Waals surface area contributed by atoms with E-state index >= 15 is 0 Å². The second kappa shape index (κ2) is 8.43. The minimum absolute atomic E-state index is 0.146. The fraction of sp³-hybridized carbons (Fsp3) is 0.261. The molecule has 0 spiro atoms. The first kappa shape index (κ1) is 20.9. The highest BCUT2D eigenvalue weighted by atomic mass is 35.5. The number of piperazine rings is 1. The Bertz CT molecular complexity index is 1150. The van der Waals surface area contributed by atoms with Crippen molar-refractivity contribution in [2.75, 3.05) is 26.7 Å². The maximum Gasteiger partial charge on any atom is 0.407 e. The number of rotatable bonds is 3. The molecule has 160 valence electrons. The van der Waals surface area contributed by atoms with Gasteiger partial charge in [0.15, 0.2) is 0 Å². The molecule has 8 heteroatoms. The molecule has 2 heterocycles. The van der Waals surface area contributed by atoms with Gasteiger partial charge in [0, 0.05) is 42.2 Å². The number of halogens is 1. The minimum atomic E-state index is -0.963. The van der Waals surface area contributed by atoms with Crippen LogP contribution < -0.4 is 4.74 Å². The summed E-state index contributed by atoms with van der Waals surface area (Å²) >= 11 is 6.50. The van der Waals surface area contributed by atoms with Crippen molar-refractivity contribution in [3.05, 3.63) is 59.1 Å². The zero-order valence-electron chi connectivity index (χ0n) is 17.2. The Kier molecular flexibility index (Phi) is 5.69. The fourth-order valence-electron chi connectivity index (χ4n) is 3.83. The van der Waals surface area contributed by atoms with Crippen LogP contribution in [0.3, 0.4) is 0 Å². The Morgan fingerprint density at radius 3 is 2.52 bits per heavy atom. The summed E-state index contributed by atoms with van der Waals surface area (Å²) in [6.45, 7) is 2.79. The summed E-state index contributed by atoms with van der Waals surface area (Å²) in [5, 5.41) is 10.5. The van der Waals surface area contributed by atoms with Crippen LogP contribution in [0.2, 0.25) is 5.02 Å². The first-order chi connectivity index (χ1) is 14.9. The van der Waals surface area contributed by atoms with Gasteiger partial charge < -0.3 is 19.6 Å². The Hall–Kier alpha value is -3.32. The molecule has 1 fully saturated rings. The number of ether oxygens (including phenoxy) is 1. The van der Waals surface area contributed by atoms with E-state index in [4.69, 9.17) is 21.3 Å². The minimum Gasteiger partial charge on any atom is -0.497 e. The molecule has 1 atom stereocenters. The molecule has 0 saturated carbocycles. The lowest BCUT2D eigenvalue weighted by Gasteiger charge is -2.38. The molecule has 1 aliphatic heterocycles. The Morgan fingerprint density at radius 1 is 1.13 bits per heavy atom. The second-order valence-corrected chi connectivity index (χ2v) is 7.93.